The number of likely N-dealkylation sites (N-methyl/N-ethyl adjacent to an activating group) is 1. The molecule has 0 fully saturated rings. The van der Waals surface area contributed by atoms with Crippen molar-refractivity contribution in [1.29, 1.82) is 0 Å². The summed E-state index contributed by atoms with van der Waals surface area (Å²) in [6.45, 7) is 4.77. The van der Waals surface area contributed by atoms with E-state index in [4.69, 9.17) is 0 Å². The molecule has 0 bridgehead atoms. The standard InChI is InChI=1S/C13H20N2O5S2/c1-5-9-8(3)21-12(11(9)13(17)18)14-10(16)7-15(4)22(19,20)6-2/h5-7H2,1-4H3,(H,14,16)(H,17,18). The molecular formula is C13H20N2O5S2. The van der Waals surface area contributed by atoms with Crippen molar-refractivity contribution < 1.29 is 23.1 Å². The molecule has 1 rings (SSSR count). The van der Waals surface area contributed by atoms with Gasteiger partial charge in [0.25, 0.3) is 0 Å². The summed E-state index contributed by atoms with van der Waals surface area (Å²) in [6.07, 6.45) is 0.546. The van der Waals surface area contributed by atoms with E-state index in [1.807, 2.05) is 6.92 Å². The number of rotatable bonds is 7. The molecule has 0 aliphatic carbocycles. The van der Waals surface area contributed by atoms with Crippen LogP contribution in [-0.2, 0) is 21.2 Å². The number of aryl methyl sites for hydroxylation is 1. The Bertz CT molecular complexity index is 679. The Hall–Kier alpha value is -1.45. The summed E-state index contributed by atoms with van der Waals surface area (Å²) in [6, 6.07) is 0. The number of carbonyl (C=O) groups is 2. The lowest BCUT2D eigenvalue weighted by molar-refractivity contribution is -0.116. The number of aromatic carboxylic acids is 1. The SMILES string of the molecule is CCc1c(C)sc(NC(=O)CN(C)S(=O)(=O)CC)c1C(=O)O. The van der Waals surface area contributed by atoms with Crippen molar-refractivity contribution in [3.05, 3.63) is 16.0 Å². The number of carboxylic acid groups (broad SMARTS) is 1. The summed E-state index contributed by atoms with van der Waals surface area (Å²) in [4.78, 5) is 24.2. The van der Waals surface area contributed by atoms with Crippen LogP contribution in [0.2, 0.25) is 0 Å². The van der Waals surface area contributed by atoms with Gasteiger partial charge in [-0.3, -0.25) is 4.79 Å². The highest BCUT2D eigenvalue weighted by atomic mass is 32.2. The molecule has 0 saturated heterocycles. The monoisotopic (exact) mass is 348 g/mol. The van der Waals surface area contributed by atoms with E-state index in [0.29, 0.717) is 12.0 Å². The van der Waals surface area contributed by atoms with Gasteiger partial charge in [-0.15, -0.1) is 11.3 Å². The molecule has 2 N–H and O–H groups in total. The van der Waals surface area contributed by atoms with Crippen molar-refractivity contribution in [3.8, 4) is 0 Å². The highest BCUT2D eigenvalue weighted by molar-refractivity contribution is 7.89. The van der Waals surface area contributed by atoms with Gasteiger partial charge in [-0.25, -0.2) is 13.2 Å². The Morgan fingerprint density at radius 1 is 1.32 bits per heavy atom. The highest BCUT2D eigenvalue weighted by Gasteiger charge is 2.23. The maximum absolute atomic E-state index is 12.0. The summed E-state index contributed by atoms with van der Waals surface area (Å²) in [5, 5.41) is 12.1. The average Bonchev–Trinajstić information content (AvgIpc) is 2.73. The molecule has 0 unspecified atom stereocenters. The molecular weight excluding hydrogens is 328 g/mol. The first-order valence-electron chi connectivity index (χ1n) is 6.73. The number of hydrogen-bond donors (Lipinski definition) is 2. The minimum absolute atomic E-state index is 0.0827. The summed E-state index contributed by atoms with van der Waals surface area (Å²) in [5.41, 5.74) is 0.765. The molecule has 0 aromatic carbocycles. The Kier molecular flexibility index (Phi) is 6.09. The number of hydrogen-bond acceptors (Lipinski definition) is 5. The van der Waals surface area contributed by atoms with Gasteiger partial charge in [0, 0.05) is 11.9 Å². The van der Waals surface area contributed by atoms with Gasteiger partial charge < -0.3 is 10.4 Å². The van der Waals surface area contributed by atoms with Crippen LogP contribution in [-0.4, -0.2) is 49.1 Å². The third-order valence-corrected chi connectivity index (χ3v) is 6.11. The van der Waals surface area contributed by atoms with Gasteiger partial charge in [-0.05, 0) is 25.8 Å². The normalized spacial score (nSPS) is 11.7. The fraction of sp³-hybridized carbons (Fsp3) is 0.538. The lowest BCUT2D eigenvalue weighted by atomic mass is 10.1. The number of amides is 1. The average molecular weight is 348 g/mol. The summed E-state index contributed by atoms with van der Waals surface area (Å²) in [7, 11) is -2.15. The molecule has 1 amide bonds. The Morgan fingerprint density at radius 2 is 1.91 bits per heavy atom. The molecule has 1 heterocycles. The fourth-order valence-electron chi connectivity index (χ4n) is 2.01. The van der Waals surface area contributed by atoms with Crippen molar-refractivity contribution >= 4 is 38.2 Å². The Balaban J connectivity index is 2.97. The maximum atomic E-state index is 12.0. The molecule has 0 radical (unpaired) electrons. The van der Waals surface area contributed by atoms with Crippen molar-refractivity contribution in [2.24, 2.45) is 0 Å². The summed E-state index contributed by atoms with van der Waals surface area (Å²) >= 11 is 1.18. The highest BCUT2D eigenvalue weighted by Crippen LogP contribution is 2.33. The van der Waals surface area contributed by atoms with E-state index in [9.17, 15) is 23.1 Å². The van der Waals surface area contributed by atoms with Gasteiger partial charge in [0.2, 0.25) is 15.9 Å². The largest absolute Gasteiger partial charge is 0.478 e. The van der Waals surface area contributed by atoms with E-state index in [2.05, 4.69) is 5.32 Å². The van der Waals surface area contributed by atoms with Gasteiger partial charge in [0.15, 0.2) is 0 Å². The van der Waals surface area contributed by atoms with Crippen LogP contribution in [0.1, 0.15) is 34.6 Å². The maximum Gasteiger partial charge on any atom is 0.339 e. The molecule has 9 heteroatoms. The van der Waals surface area contributed by atoms with Gasteiger partial charge in [0.1, 0.15) is 5.00 Å². The van der Waals surface area contributed by atoms with Gasteiger partial charge >= 0.3 is 5.97 Å². The second kappa shape index (κ2) is 7.21. The third kappa shape index (κ3) is 4.05. The number of nitrogens with one attached hydrogen (secondary N) is 1. The predicted octanol–water partition coefficient (Wildman–Crippen LogP) is 1.54. The van der Waals surface area contributed by atoms with Gasteiger partial charge in [-0.1, -0.05) is 6.92 Å². The Labute approximate surface area is 134 Å². The van der Waals surface area contributed by atoms with E-state index < -0.39 is 21.9 Å². The van der Waals surface area contributed by atoms with Crippen molar-refractivity contribution in [2.45, 2.75) is 27.2 Å². The molecule has 0 aliphatic rings. The van der Waals surface area contributed by atoms with E-state index in [0.717, 1.165) is 9.18 Å². The molecule has 1 aromatic heterocycles. The minimum atomic E-state index is -3.46. The topological polar surface area (TPSA) is 104 Å². The van der Waals surface area contributed by atoms with Crippen LogP contribution in [0.15, 0.2) is 0 Å². The molecule has 0 spiro atoms. The number of anilines is 1. The summed E-state index contributed by atoms with van der Waals surface area (Å²) < 4.78 is 24.2. The van der Waals surface area contributed by atoms with Crippen LogP contribution >= 0.6 is 11.3 Å². The number of sulfonamides is 1. The van der Waals surface area contributed by atoms with E-state index in [1.165, 1.54) is 25.3 Å². The zero-order chi connectivity index (χ0) is 17.1. The van der Waals surface area contributed by atoms with Crippen LogP contribution in [0.3, 0.4) is 0 Å². The number of carboxylic acids is 1. The van der Waals surface area contributed by atoms with Crippen molar-refractivity contribution in [1.82, 2.24) is 4.31 Å². The third-order valence-electron chi connectivity index (χ3n) is 3.24. The molecule has 0 atom stereocenters. The first kappa shape index (κ1) is 18.6. The molecule has 124 valence electrons. The van der Waals surface area contributed by atoms with Crippen molar-refractivity contribution in [3.63, 3.8) is 0 Å². The number of nitrogens with zero attached hydrogens (tertiary/aromatic N) is 1. The van der Waals surface area contributed by atoms with Gasteiger partial charge in [0.05, 0.1) is 17.9 Å². The Morgan fingerprint density at radius 3 is 2.36 bits per heavy atom. The van der Waals surface area contributed by atoms with Crippen LogP contribution in [0.4, 0.5) is 5.00 Å². The molecule has 0 saturated carbocycles. The summed E-state index contributed by atoms with van der Waals surface area (Å²) in [5.74, 6) is -1.77. The fourth-order valence-corrected chi connectivity index (χ4v) is 3.91. The lowest BCUT2D eigenvalue weighted by Gasteiger charge is -2.15. The second-order valence-corrected chi connectivity index (χ2v) is 8.29. The molecule has 7 nitrogen and oxygen atoms in total. The van der Waals surface area contributed by atoms with Crippen molar-refractivity contribution in [2.75, 3.05) is 24.7 Å². The van der Waals surface area contributed by atoms with Crippen LogP contribution < -0.4 is 5.32 Å². The van der Waals surface area contributed by atoms with E-state index >= 15 is 0 Å². The lowest BCUT2D eigenvalue weighted by Crippen LogP contribution is -2.35. The molecule has 0 aliphatic heterocycles. The quantitative estimate of drug-likeness (QED) is 0.778. The first-order chi connectivity index (χ1) is 10.1. The molecule has 1 aromatic rings. The second-order valence-electron chi connectivity index (χ2n) is 4.70. The smallest absolute Gasteiger partial charge is 0.339 e. The predicted molar refractivity (Wildman–Crippen MR) is 86.1 cm³/mol. The molecule has 22 heavy (non-hydrogen) atoms. The van der Waals surface area contributed by atoms with E-state index in [1.54, 1.807) is 6.92 Å². The van der Waals surface area contributed by atoms with Crippen LogP contribution in [0.25, 0.3) is 0 Å². The minimum Gasteiger partial charge on any atom is -0.478 e. The number of carbonyl (C=O) groups excluding carboxylic acids is 1. The van der Waals surface area contributed by atoms with Crippen LogP contribution in [0, 0.1) is 6.92 Å². The van der Waals surface area contributed by atoms with E-state index in [-0.39, 0.29) is 22.9 Å². The first-order valence-corrected chi connectivity index (χ1v) is 9.16. The number of thiophene rings is 1. The zero-order valence-electron chi connectivity index (χ0n) is 13.0. The van der Waals surface area contributed by atoms with Gasteiger partial charge in [-0.2, -0.15) is 4.31 Å². The van der Waals surface area contributed by atoms with Crippen LogP contribution in [0.5, 0.6) is 0 Å². The zero-order valence-corrected chi connectivity index (χ0v) is 14.6.